The van der Waals surface area contributed by atoms with E-state index in [1.165, 1.54) is 30.1 Å². The summed E-state index contributed by atoms with van der Waals surface area (Å²) in [5, 5.41) is 4.14. The molecule has 3 aromatic rings. The second kappa shape index (κ2) is 7.31. The molecule has 1 fully saturated rings. The SMILES string of the molecule is Cl.O=S(=O)(c1cccc(F)c1)c1cnc2c(N3C=C4NCCC4C3)cccc2c1. The lowest BCUT2D eigenvalue weighted by atomic mass is 10.1. The van der Waals surface area contributed by atoms with Crippen LogP contribution < -0.4 is 10.2 Å². The normalized spacial score (nSPS) is 18.2. The van der Waals surface area contributed by atoms with Gasteiger partial charge in [-0.3, -0.25) is 4.98 Å². The molecule has 0 bridgehead atoms. The van der Waals surface area contributed by atoms with Crippen molar-refractivity contribution in [2.24, 2.45) is 5.92 Å². The summed E-state index contributed by atoms with van der Waals surface area (Å²) in [7, 11) is -3.84. The van der Waals surface area contributed by atoms with Gasteiger partial charge in [-0.15, -0.1) is 12.4 Å². The van der Waals surface area contributed by atoms with Crippen LogP contribution in [0.15, 0.2) is 76.4 Å². The number of rotatable bonds is 3. The van der Waals surface area contributed by atoms with Crippen molar-refractivity contribution < 1.29 is 12.8 Å². The van der Waals surface area contributed by atoms with Crippen LogP contribution in [0.1, 0.15) is 6.42 Å². The molecule has 29 heavy (non-hydrogen) atoms. The predicted octanol–water partition coefficient (Wildman–Crippen LogP) is 3.90. The van der Waals surface area contributed by atoms with Gasteiger partial charge in [-0.25, -0.2) is 12.8 Å². The first-order valence-corrected chi connectivity index (χ1v) is 10.6. The first-order valence-electron chi connectivity index (χ1n) is 9.14. The summed E-state index contributed by atoms with van der Waals surface area (Å²) in [4.78, 5) is 6.62. The van der Waals surface area contributed by atoms with Gasteiger partial charge in [0.05, 0.1) is 21.0 Å². The third kappa shape index (κ3) is 3.34. The first-order chi connectivity index (χ1) is 13.5. The molecule has 1 N–H and O–H groups in total. The third-order valence-corrected chi connectivity index (χ3v) is 7.08. The Bertz CT molecular complexity index is 1230. The van der Waals surface area contributed by atoms with Gasteiger partial charge in [0.2, 0.25) is 9.84 Å². The number of sulfone groups is 1. The highest BCUT2D eigenvalue weighted by Gasteiger charge is 2.30. The molecular formula is C21H19ClFN3O2S. The molecule has 0 radical (unpaired) electrons. The van der Waals surface area contributed by atoms with Gasteiger partial charge >= 0.3 is 0 Å². The van der Waals surface area contributed by atoms with Crippen molar-refractivity contribution in [3.05, 3.63) is 72.4 Å². The van der Waals surface area contributed by atoms with E-state index in [9.17, 15) is 12.8 Å². The molecule has 8 heteroatoms. The standard InChI is InChI=1S/C21H18FN3O2S.ClH/c22-16-4-2-5-17(10-16)28(26,27)18-9-14-3-1-6-20(21(14)24-11-18)25-12-15-7-8-23-19(15)13-25;/h1-6,9-11,13,15,23H,7-8,12H2;1H. The van der Waals surface area contributed by atoms with E-state index >= 15 is 0 Å². The Morgan fingerprint density at radius 3 is 2.72 bits per heavy atom. The Kier molecular flexibility index (Phi) is 4.96. The number of nitrogens with one attached hydrogen (secondary N) is 1. The molecule has 0 aliphatic carbocycles. The molecule has 1 unspecified atom stereocenters. The number of benzene rings is 2. The average Bonchev–Trinajstić information content (AvgIpc) is 3.29. The van der Waals surface area contributed by atoms with Crippen LogP contribution in [0.5, 0.6) is 0 Å². The number of halogens is 2. The number of anilines is 1. The zero-order chi connectivity index (χ0) is 19.3. The number of pyridine rings is 1. The fourth-order valence-electron chi connectivity index (χ4n) is 3.93. The molecule has 5 rings (SSSR count). The fraction of sp³-hybridized carbons (Fsp3) is 0.190. The van der Waals surface area contributed by atoms with Gasteiger partial charge in [-0.05, 0) is 36.8 Å². The number of hydrogen-bond donors (Lipinski definition) is 1. The monoisotopic (exact) mass is 431 g/mol. The molecule has 5 nitrogen and oxygen atoms in total. The van der Waals surface area contributed by atoms with Gasteiger partial charge in [-0.1, -0.05) is 18.2 Å². The van der Waals surface area contributed by atoms with Crippen LogP contribution in [0.4, 0.5) is 10.1 Å². The van der Waals surface area contributed by atoms with E-state index in [1.54, 1.807) is 6.07 Å². The van der Waals surface area contributed by atoms with Crippen LogP contribution in [0.2, 0.25) is 0 Å². The summed E-state index contributed by atoms with van der Waals surface area (Å²) in [6.07, 6.45) is 4.59. The van der Waals surface area contributed by atoms with Crippen molar-refractivity contribution in [1.29, 1.82) is 0 Å². The van der Waals surface area contributed by atoms with E-state index in [4.69, 9.17) is 0 Å². The summed E-state index contributed by atoms with van der Waals surface area (Å²) in [6, 6.07) is 12.4. The summed E-state index contributed by atoms with van der Waals surface area (Å²) in [5.74, 6) is -0.0683. The molecule has 3 heterocycles. The lowest BCUT2D eigenvalue weighted by Gasteiger charge is -2.19. The molecule has 2 aliphatic heterocycles. The second-order valence-electron chi connectivity index (χ2n) is 7.13. The largest absolute Gasteiger partial charge is 0.387 e. The Hall–Kier alpha value is -2.64. The first kappa shape index (κ1) is 19.7. The molecule has 1 aromatic heterocycles. The Morgan fingerprint density at radius 2 is 1.93 bits per heavy atom. The van der Waals surface area contributed by atoms with E-state index in [0.29, 0.717) is 5.92 Å². The summed E-state index contributed by atoms with van der Waals surface area (Å²) in [5.41, 5.74) is 2.95. The summed E-state index contributed by atoms with van der Waals surface area (Å²) in [6.45, 7) is 1.91. The molecule has 150 valence electrons. The van der Waals surface area contributed by atoms with Crippen LogP contribution in [-0.2, 0) is 9.84 Å². The number of nitrogens with zero attached hydrogens (tertiary/aromatic N) is 2. The van der Waals surface area contributed by atoms with E-state index in [1.807, 2.05) is 18.2 Å². The third-order valence-electron chi connectivity index (χ3n) is 5.36. The van der Waals surface area contributed by atoms with Crippen molar-refractivity contribution in [3.8, 4) is 0 Å². The zero-order valence-corrected chi connectivity index (χ0v) is 17.0. The van der Waals surface area contributed by atoms with Gasteiger partial charge in [0.1, 0.15) is 5.82 Å². The van der Waals surface area contributed by atoms with Crippen molar-refractivity contribution in [3.63, 3.8) is 0 Å². The topological polar surface area (TPSA) is 62.3 Å². The second-order valence-corrected chi connectivity index (χ2v) is 9.08. The maximum atomic E-state index is 13.5. The highest BCUT2D eigenvalue weighted by molar-refractivity contribution is 7.91. The van der Waals surface area contributed by atoms with Crippen LogP contribution >= 0.6 is 12.4 Å². The van der Waals surface area contributed by atoms with E-state index in [2.05, 4.69) is 21.4 Å². The van der Waals surface area contributed by atoms with Crippen molar-refractivity contribution in [1.82, 2.24) is 10.3 Å². The molecule has 2 aromatic carbocycles. The van der Waals surface area contributed by atoms with E-state index in [0.717, 1.165) is 42.2 Å². The maximum Gasteiger partial charge on any atom is 0.208 e. The predicted molar refractivity (Wildman–Crippen MR) is 112 cm³/mol. The van der Waals surface area contributed by atoms with Crippen LogP contribution in [-0.4, -0.2) is 26.5 Å². The zero-order valence-electron chi connectivity index (χ0n) is 15.4. The molecular weight excluding hydrogens is 413 g/mol. The maximum absolute atomic E-state index is 13.5. The van der Waals surface area contributed by atoms with Crippen LogP contribution in [0, 0.1) is 11.7 Å². The van der Waals surface area contributed by atoms with Crippen molar-refractivity contribution in [2.75, 3.05) is 18.0 Å². The van der Waals surface area contributed by atoms with Gasteiger partial charge in [0.25, 0.3) is 0 Å². The number of aromatic nitrogens is 1. The lowest BCUT2D eigenvalue weighted by Crippen LogP contribution is -2.17. The number of fused-ring (bicyclic) bond motifs is 2. The number of hydrogen-bond acceptors (Lipinski definition) is 5. The molecule has 0 amide bonds. The molecule has 0 saturated carbocycles. The highest BCUT2D eigenvalue weighted by Crippen LogP contribution is 2.34. The summed E-state index contributed by atoms with van der Waals surface area (Å²) >= 11 is 0. The van der Waals surface area contributed by atoms with Gasteiger partial charge in [-0.2, -0.15) is 0 Å². The van der Waals surface area contributed by atoms with Crippen molar-refractivity contribution >= 4 is 38.8 Å². The number of para-hydroxylation sites is 1. The van der Waals surface area contributed by atoms with Crippen LogP contribution in [0.3, 0.4) is 0 Å². The lowest BCUT2D eigenvalue weighted by molar-refractivity contribution is 0.590. The van der Waals surface area contributed by atoms with Gasteiger partial charge in [0.15, 0.2) is 0 Å². The van der Waals surface area contributed by atoms with Crippen LogP contribution in [0.25, 0.3) is 10.9 Å². The highest BCUT2D eigenvalue weighted by atomic mass is 35.5. The Morgan fingerprint density at radius 1 is 1.10 bits per heavy atom. The quantitative estimate of drug-likeness (QED) is 0.681. The molecule has 0 spiro atoms. The van der Waals surface area contributed by atoms with E-state index < -0.39 is 15.7 Å². The minimum absolute atomic E-state index is 0. The van der Waals surface area contributed by atoms with Gasteiger partial charge < -0.3 is 10.2 Å². The minimum atomic E-state index is -3.84. The molecule has 1 saturated heterocycles. The van der Waals surface area contributed by atoms with Crippen molar-refractivity contribution in [2.45, 2.75) is 16.2 Å². The average molecular weight is 432 g/mol. The molecule has 1 atom stereocenters. The summed E-state index contributed by atoms with van der Waals surface area (Å²) < 4.78 is 39.2. The van der Waals surface area contributed by atoms with Gasteiger partial charge in [0, 0.05) is 42.5 Å². The Balaban J connectivity index is 0.00000205. The fourth-order valence-corrected chi connectivity index (χ4v) is 5.20. The molecule has 2 aliphatic rings. The minimum Gasteiger partial charge on any atom is -0.387 e. The van der Waals surface area contributed by atoms with E-state index in [-0.39, 0.29) is 22.2 Å². The smallest absolute Gasteiger partial charge is 0.208 e. The Labute approximate surface area is 174 Å².